The second-order valence-corrected chi connectivity index (χ2v) is 1.82. The van der Waals surface area contributed by atoms with E-state index in [1.54, 1.807) is 6.08 Å². The Labute approximate surface area is 51.9 Å². The van der Waals surface area contributed by atoms with Gasteiger partial charge in [0.2, 0.25) is 0 Å². The van der Waals surface area contributed by atoms with Gasteiger partial charge >= 0.3 is 0 Å². The minimum atomic E-state index is -1.14. The molecular formula is C5H4FNS. The lowest BCUT2D eigenvalue weighted by Crippen LogP contribution is -2.10. The van der Waals surface area contributed by atoms with E-state index in [1.807, 2.05) is 0 Å². The van der Waals surface area contributed by atoms with Gasteiger partial charge in [-0.25, -0.2) is 9.38 Å². The fraction of sp³-hybridized carbons (Fsp3) is 0.200. The van der Waals surface area contributed by atoms with Crippen LogP contribution in [-0.4, -0.2) is 17.4 Å². The van der Waals surface area contributed by atoms with Crippen molar-refractivity contribution in [2.45, 2.75) is 6.17 Å². The van der Waals surface area contributed by atoms with Crippen LogP contribution in [0.25, 0.3) is 0 Å². The monoisotopic (exact) mass is 129 g/mol. The van der Waals surface area contributed by atoms with E-state index >= 15 is 0 Å². The first-order chi connectivity index (χ1) is 3.80. The number of hydrogen-bond acceptors (Lipinski definition) is 1. The van der Waals surface area contributed by atoms with E-state index in [1.165, 1.54) is 12.3 Å². The maximum atomic E-state index is 12.2. The molecule has 0 saturated carbocycles. The number of hydrogen-bond donors (Lipinski definition) is 0. The van der Waals surface area contributed by atoms with Gasteiger partial charge in [0, 0.05) is 6.21 Å². The number of dihydropyridines is 1. The third kappa shape index (κ3) is 0.980. The molecule has 0 N–H and O–H groups in total. The molecule has 1 rings (SSSR count). The molecule has 0 amide bonds. The first-order valence-corrected chi connectivity index (χ1v) is 2.60. The van der Waals surface area contributed by atoms with E-state index in [-0.39, 0.29) is 4.99 Å². The Kier molecular flexibility index (Phi) is 1.48. The van der Waals surface area contributed by atoms with Gasteiger partial charge in [-0.05, 0) is 12.2 Å². The van der Waals surface area contributed by atoms with Crippen LogP contribution in [0.3, 0.4) is 0 Å². The van der Waals surface area contributed by atoms with Crippen molar-refractivity contribution >= 4 is 23.4 Å². The molecule has 1 heterocycles. The highest BCUT2D eigenvalue weighted by Crippen LogP contribution is 2.01. The van der Waals surface area contributed by atoms with Gasteiger partial charge in [0.15, 0.2) is 6.17 Å². The summed E-state index contributed by atoms with van der Waals surface area (Å²) in [5.41, 5.74) is 0. The molecule has 0 saturated heterocycles. The highest BCUT2D eigenvalue weighted by molar-refractivity contribution is 7.80. The molecule has 0 bridgehead atoms. The van der Waals surface area contributed by atoms with Gasteiger partial charge in [-0.3, -0.25) is 0 Å². The summed E-state index contributed by atoms with van der Waals surface area (Å²) in [6, 6.07) is 0. The molecule has 0 aromatic heterocycles. The van der Waals surface area contributed by atoms with Crippen molar-refractivity contribution in [1.82, 2.24) is 0 Å². The van der Waals surface area contributed by atoms with Crippen molar-refractivity contribution in [3.05, 3.63) is 12.2 Å². The molecule has 3 heteroatoms. The Morgan fingerprint density at radius 2 is 2.50 bits per heavy atom. The fourth-order valence-corrected chi connectivity index (χ4v) is 0.557. The van der Waals surface area contributed by atoms with Gasteiger partial charge in [0.25, 0.3) is 0 Å². The molecular weight excluding hydrogens is 125 g/mol. The summed E-state index contributed by atoms with van der Waals surface area (Å²) in [5, 5.41) is 0. The Morgan fingerprint density at radius 3 is 2.88 bits per heavy atom. The molecule has 8 heavy (non-hydrogen) atoms. The predicted octanol–water partition coefficient (Wildman–Crippen LogP) is 1.29. The standard InChI is InChI=1S/C5H4FNS/c6-4-2-1-3-7-5(4)8/h1-4H. The molecule has 0 radical (unpaired) electrons. The van der Waals surface area contributed by atoms with Crippen LogP contribution < -0.4 is 0 Å². The number of nitrogens with zero attached hydrogens (tertiary/aromatic N) is 1. The molecule has 0 aliphatic carbocycles. The van der Waals surface area contributed by atoms with Crippen LogP contribution in [0.2, 0.25) is 0 Å². The van der Waals surface area contributed by atoms with Crippen molar-refractivity contribution in [1.29, 1.82) is 0 Å². The molecule has 1 unspecified atom stereocenters. The number of rotatable bonds is 0. The van der Waals surface area contributed by atoms with Crippen molar-refractivity contribution < 1.29 is 4.39 Å². The molecule has 1 atom stereocenters. The summed E-state index contributed by atoms with van der Waals surface area (Å²) in [4.78, 5) is 3.67. The maximum Gasteiger partial charge on any atom is 0.171 e. The van der Waals surface area contributed by atoms with E-state index in [2.05, 4.69) is 17.2 Å². The van der Waals surface area contributed by atoms with Crippen LogP contribution in [0.15, 0.2) is 17.1 Å². The Morgan fingerprint density at radius 1 is 1.75 bits per heavy atom. The number of thiocarbonyl (C=S) groups is 1. The van der Waals surface area contributed by atoms with Crippen LogP contribution in [0.4, 0.5) is 4.39 Å². The quantitative estimate of drug-likeness (QED) is 0.449. The fourth-order valence-electron chi connectivity index (χ4n) is 0.417. The molecule has 0 fully saturated rings. The second-order valence-electron chi connectivity index (χ2n) is 1.40. The molecule has 1 nitrogen and oxygen atoms in total. The Balaban J connectivity index is 2.74. The predicted molar refractivity (Wildman–Crippen MR) is 35.1 cm³/mol. The molecule has 1 aliphatic rings. The van der Waals surface area contributed by atoms with Gasteiger partial charge in [-0.2, -0.15) is 0 Å². The van der Waals surface area contributed by atoms with Crippen molar-refractivity contribution in [3.63, 3.8) is 0 Å². The Bertz CT molecular complexity index is 162. The first kappa shape index (κ1) is 5.56. The second kappa shape index (κ2) is 2.13. The lowest BCUT2D eigenvalue weighted by atomic mass is 10.3. The molecule has 0 aromatic rings. The maximum absolute atomic E-state index is 12.2. The summed E-state index contributed by atoms with van der Waals surface area (Å²) in [7, 11) is 0. The zero-order valence-corrected chi connectivity index (χ0v) is 4.86. The van der Waals surface area contributed by atoms with E-state index in [4.69, 9.17) is 0 Å². The minimum Gasteiger partial charge on any atom is -0.246 e. The summed E-state index contributed by atoms with van der Waals surface area (Å²) < 4.78 is 12.2. The number of allylic oxidation sites excluding steroid dienone is 1. The highest BCUT2D eigenvalue weighted by atomic mass is 32.1. The zero-order valence-electron chi connectivity index (χ0n) is 4.04. The van der Waals surface area contributed by atoms with E-state index in [9.17, 15) is 4.39 Å². The first-order valence-electron chi connectivity index (χ1n) is 2.19. The number of alkyl halides is 1. The van der Waals surface area contributed by atoms with Crippen LogP contribution in [-0.2, 0) is 0 Å². The van der Waals surface area contributed by atoms with Crippen LogP contribution in [0.5, 0.6) is 0 Å². The van der Waals surface area contributed by atoms with Crippen LogP contribution >= 0.6 is 12.2 Å². The van der Waals surface area contributed by atoms with E-state index in [0.29, 0.717) is 0 Å². The minimum absolute atomic E-state index is 0.118. The lowest BCUT2D eigenvalue weighted by Gasteiger charge is -2.00. The van der Waals surface area contributed by atoms with Crippen molar-refractivity contribution in [2.75, 3.05) is 0 Å². The van der Waals surface area contributed by atoms with Crippen LogP contribution in [0, 0.1) is 0 Å². The number of aliphatic imine (C=N–C) groups is 1. The third-order valence-corrected chi connectivity index (χ3v) is 1.13. The molecule has 42 valence electrons. The van der Waals surface area contributed by atoms with E-state index < -0.39 is 6.17 Å². The van der Waals surface area contributed by atoms with Gasteiger partial charge < -0.3 is 0 Å². The zero-order chi connectivity index (χ0) is 5.98. The lowest BCUT2D eigenvalue weighted by molar-refractivity contribution is 0.493. The summed E-state index contributed by atoms with van der Waals surface area (Å²) in [6.45, 7) is 0. The largest absolute Gasteiger partial charge is 0.246 e. The number of halogens is 1. The van der Waals surface area contributed by atoms with Gasteiger partial charge in [0.1, 0.15) is 4.99 Å². The van der Waals surface area contributed by atoms with Gasteiger partial charge in [-0.1, -0.05) is 12.2 Å². The third-order valence-electron chi connectivity index (χ3n) is 0.804. The normalized spacial score (nSPS) is 26.6. The molecule has 0 spiro atoms. The molecule has 1 aliphatic heterocycles. The summed E-state index contributed by atoms with van der Waals surface area (Å²) in [5.74, 6) is 0. The van der Waals surface area contributed by atoms with Gasteiger partial charge in [-0.15, -0.1) is 0 Å². The van der Waals surface area contributed by atoms with E-state index in [0.717, 1.165) is 0 Å². The Hall–Kier alpha value is -0.570. The molecule has 0 aromatic carbocycles. The summed E-state index contributed by atoms with van der Waals surface area (Å²) in [6.07, 6.45) is 3.25. The average molecular weight is 129 g/mol. The topological polar surface area (TPSA) is 12.4 Å². The van der Waals surface area contributed by atoms with Gasteiger partial charge in [0.05, 0.1) is 0 Å². The van der Waals surface area contributed by atoms with Crippen molar-refractivity contribution in [3.8, 4) is 0 Å². The highest BCUT2D eigenvalue weighted by Gasteiger charge is 2.08. The summed E-state index contributed by atoms with van der Waals surface area (Å²) >= 11 is 4.50. The SMILES string of the molecule is FC1C=CC=NC1=S. The van der Waals surface area contributed by atoms with Crippen molar-refractivity contribution in [2.24, 2.45) is 4.99 Å². The van der Waals surface area contributed by atoms with Crippen LogP contribution in [0.1, 0.15) is 0 Å². The average Bonchev–Trinajstić information content (AvgIpc) is 1.77. The smallest absolute Gasteiger partial charge is 0.171 e.